The van der Waals surface area contributed by atoms with Crippen LogP contribution in [-0.2, 0) is 9.53 Å². The number of fused-ring (bicyclic) bond motifs is 2. The van der Waals surface area contributed by atoms with E-state index in [0.717, 1.165) is 29.4 Å². The van der Waals surface area contributed by atoms with E-state index < -0.39 is 5.54 Å². The Labute approximate surface area is 128 Å². The first-order valence-electron chi connectivity index (χ1n) is 7.35. The van der Waals surface area contributed by atoms with E-state index in [1.54, 1.807) is 0 Å². The molecule has 0 radical (unpaired) electrons. The molecule has 1 aromatic rings. The Balaban J connectivity index is 1.89. The van der Waals surface area contributed by atoms with Crippen LogP contribution in [0, 0.1) is 11.8 Å². The maximum absolute atomic E-state index is 12.5. The third kappa shape index (κ3) is 2.34. The molecule has 1 N–H and O–H groups in total. The highest BCUT2D eigenvalue weighted by molar-refractivity contribution is 9.10. The normalized spacial score (nSPS) is 31.3. The molecule has 0 amide bonds. The summed E-state index contributed by atoms with van der Waals surface area (Å²) in [4.78, 5) is 12.5. The van der Waals surface area contributed by atoms with Gasteiger partial charge in [0.2, 0.25) is 0 Å². The first-order valence-corrected chi connectivity index (χ1v) is 8.14. The number of rotatable bonds is 4. The van der Waals surface area contributed by atoms with Crippen molar-refractivity contribution >= 4 is 27.6 Å². The summed E-state index contributed by atoms with van der Waals surface area (Å²) in [6.07, 6.45) is 4.44. The number of hydrogen-bond donors (Lipinski definition) is 1. The number of halogens is 1. The summed E-state index contributed by atoms with van der Waals surface area (Å²) in [6, 6.07) is 8.01. The molecule has 2 aliphatic rings. The Bertz CT molecular complexity index is 519. The van der Waals surface area contributed by atoms with Crippen molar-refractivity contribution in [3.05, 3.63) is 28.7 Å². The minimum absolute atomic E-state index is 0.0767. The van der Waals surface area contributed by atoms with Crippen molar-refractivity contribution in [2.24, 2.45) is 11.8 Å². The molecule has 3 atom stereocenters. The molecule has 0 spiro atoms. The zero-order valence-corrected chi connectivity index (χ0v) is 13.3. The molecule has 3 unspecified atom stereocenters. The second kappa shape index (κ2) is 5.40. The van der Waals surface area contributed by atoms with Gasteiger partial charge in [-0.1, -0.05) is 22.0 Å². The predicted molar refractivity (Wildman–Crippen MR) is 82.6 cm³/mol. The van der Waals surface area contributed by atoms with Gasteiger partial charge < -0.3 is 10.1 Å². The molecule has 3 nitrogen and oxygen atoms in total. The topological polar surface area (TPSA) is 38.3 Å². The van der Waals surface area contributed by atoms with Crippen molar-refractivity contribution in [1.29, 1.82) is 0 Å². The molecular formula is C16H20BrNO2. The third-order valence-electron chi connectivity index (χ3n) is 4.68. The van der Waals surface area contributed by atoms with E-state index in [2.05, 4.69) is 21.2 Å². The maximum atomic E-state index is 12.5. The first kappa shape index (κ1) is 13.9. The van der Waals surface area contributed by atoms with E-state index in [-0.39, 0.29) is 5.97 Å². The van der Waals surface area contributed by atoms with Gasteiger partial charge in [0, 0.05) is 10.2 Å². The summed E-state index contributed by atoms with van der Waals surface area (Å²) in [7, 11) is 0. The lowest BCUT2D eigenvalue weighted by molar-refractivity contribution is -0.150. The van der Waals surface area contributed by atoms with Crippen LogP contribution in [0.25, 0.3) is 0 Å². The Hall–Kier alpha value is -1.03. The number of benzene rings is 1. The summed E-state index contributed by atoms with van der Waals surface area (Å²) in [5.41, 5.74) is 0.472. The number of carbonyl (C=O) groups excluding carboxylic acids is 1. The molecule has 20 heavy (non-hydrogen) atoms. The number of nitrogens with one attached hydrogen (secondary N) is 1. The average Bonchev–Trinajstić information content (AvgIpc) is 3.00. The lowest BCUT2D eigenvalue weighted by Gasteiger charge is -2.37. The molecule has 0 aromatic heterocycles. The highest BCUT2D eigenvalue weighted by atomic mass is 79.9. The quantitative estimate of drug-likeness (QED) is 0.844. The predicted octanol–water partition coefficient (Wildman–Crippen LogP) is 3.98. The van der Waals surface area contributed by atoms with Gasteiger partial charge in [-0.3, -0.25) is 0 Å². The average molecular weight is 338 g/mol. The van der Waals surface area contributed by atoms with E-state index in [1.165, 1.54) is 6.42 Å². The Morgan fingerprint density at radius 3 is 2.95 bits per heavy atom. The summed E-state index contributed by atoms with van der Waals surface area (Å²) in [5.74, 6) is 1.00. The van der Waals surface area contributed by atoms with Gasteiger partial charge in [0.15, 0.2) is 0 Å². The number of hydrogen-bond acceptors (Lipinski definition) is 3. The molecule has 2 saturated carbocycles. The van der Waals surface area contributed by atoms with E-state index in [4.69, 9.17) is 4.74 Å². The van der Waals surface area contributed by atoms with Crippen LogP contribution in [0.4, 0.5) is 5.69 Å². The molecule has 0 aliphatic heterocycles. The Morgan fingerprint density at radius 1 is 1.50 bits per heavy atom. The molecule has 3 rings (SSSR count). The summed E-state index contributed by atoms with van der Waals surface area (Å²) in [6.45, 7) is 2.32. The molecule has 0 heterocycles. The third-order valence-corrected chi connectivity index (χ3v) is 5.17. The first-order chi connectivity index (χ1) is 9.64. The number of ether oxygens (including phenoxy) is 1. The highest BCUT2D eigenvalue weighted by Crippen LogP contribution is 2.52. The molecule has 2 fully saturated rings. The Kier molecular flexibility index (Phi) is 3.76. The number of esters is 1. The van der Waals surface area contributed by atoms with E-state index in [0.29, 0.717) is 18.4 Å². The van der Waals surface area contributed by atoms with Gasteiger partial charge in [-0.05, 0) is 62.6 Å². The highest BCUT2D eigenvalue weighted by Gasteiger charge is 2.56. The minimum atomic E-state index is -0.514. The molecular weight excluding hydrogens is 318 g/mol. The van der Waals surface area contributed by atoms with Gasteiger partial charge in [0.1, 0.15) is 5.54 Å². The van der Waals surface area contributed by atoms with Gasteiger partial charge >= 0.3 is 5.97 Å². The van der Waals surface area contributed by atoms with E-state index in [9.17, 15) is 4.79 Å². The maximum Gasteiger partial charge on any atom is 0.332 e. The number of carbonyl (C=O) groups is 1. The fourth-order valence-corrected chi connectivity index (χ4v) is 4.27. The van der Waals surface area contributed by atoms with Crippen LogP contribution < -0.4 is 5.32 Å². The lowest BCUT2D eigenvalue weighted by Crippen LogP contribution is -2.51. The second-order valence-electron chi connectivity index (χ2n) is 5.91. The van der Waals surface area contributed by atoms with Crippen molar-refractivity contribution in [2.75, 3.05) is 11.9 Å². The van der Waals surface area contributed by atoms with Crippen LogP contribution in [0.5, 0.6) is 0 Å². The van der Waals surface area contributed by atoms with Crippen LogP contribution in [0.15, 0.2) is 28.7 Å². The van der Waals surface area contributed by atoms with Crippen LogP contribution >= 0.6 is 15.9 Å². The molecule has 2 bridgehead atoms. The van der Waals surface area contributed by atoms with Gasteiger partial charge in [0.25, 0.3) is 0 Å². The van der Waals surface area contributed by atoms with Crippen molar-refractivity contribution < 1.29 is 9.53 Å². The second-order valence-corrected chi connectivity index (χ2v) is 6.82. The molecule has 4 heteroatoms. The monoisotopic (exact) mass is 337 g/mol. The molecule has 2 aliphatic carbocycles. The SMILES string of the molecule is CCOC(=O)C1(Nc2cccc(Br)c2)CC2CCC1C2. The fraction of sp³-hybridized carbons (Fsp3) is 0.562. The van der Waals surface area contributed by atoms with Gasteiger partial charge in [0.05, 0.1) is 6.61 Å². The minimum Gasteiger partial charge on any atom is -0.464 e. The summed E-state index contributed by atoms with van der Waals surface area (Å²) in [5, 5.41) is 3.51. The standard InChI is InChI=1S/C16H20BrNO2/c1-2-20-15(19)16(10-11-6-7-12(16)8-11)18-14-5-3-4-13(17)9-14/h3-5,9,11-12,18H,2,6-8,10H2,1H3. The van der Waals surface area contributed by atoms with Gasteiger partial charge in [-0.15, -0.1) is 0 Å². The number of anilines is 1. The molecule has 0 saturated heterocycles. The van der Waals surface area contributed by atoms with Crippen molar-refractivity contribution in [3.63, 3.8) is 0 Å². The molecule has 108 valence electrons. The lowest BCUT2D eigenvalue weighted by atomic mass is 9.80. The summed E-state index contributed by atoms with van der Waals surface area (Å²) < 4.78 is 6.39. The zero-order chi connectivity index (χ0) is 14.2. The van der Waals surface area contributed by atoms with Crippen LogP contribution in [0.3, 0.4) is 0 Å². The fourth-order valence-electron chi connectivity index (χ4n) is 3.87. The zero-order valence-electron chi connectivity index (χ0n) is 11.7. The van der Waals surface area contributed by atoms with E-state index >= 15 is 0 Å². The van der Waals surface area contributed by atoms with Crippen molar-refractivity contribution in [3.8, 4) is 0 Å². The largest absolute Gasteiger partial charge is 0.464 e. The van der Waals surface area contributed by atoms with Crippen LogP contribution in [0.2, 0.25) is 0 Å². The smallest absolute Gasteiger partial charge is 0.332 e. The van der Waals surface area contributed by atoms with Crippen LogP contribution in [0.1, 0.15) is 32.6 Å². The summed E-state index contributed by atoms with van der Waals surface area (Å²) >= 11 is 3.48. The van der Waals surface area contributed by atoms with Crippen LogP contribution in [-0.4, -0.2) is 18.1 Å². The van der Waals surface area contributed by atoms with Gasteiger partial charge in [-0.25, -0.2) is 4.79 Å². The Morgan fingerprint density at radius 2 is 2.35 bits per heavy atom. The van der Waals surface area contributed by atoms with Gasteiger partial charge in [-0.2, -0.15) is 0 Å². The van der Waals surface area contributed by atoms with E-state index in [1.807, 2.05) is 31.2 Å². The van der Waals surface area contributed by atoms with Crippen molar-refractivity contribution in [1.82, 2.24) is 0 Å². The molecule has 1 aromatic carbocycles. The van der Waals surface area contributed by atoms with Crippen molar-refractivity contribution in [2.45, 2.75) is 38.1 Å².